The van der Waals surface area contributed by atoms with E-state index in [0.717, 1.165) is 35.5 Å². The summed E-state index contributed by atoms with van der Waals surface area (Å²) in [5.74, 6) is 0.894. The molecule has 0 saturated heterocycles. The number of nitrogens with two attached hydrogens (primary N) is 1. The first-order valence-electron chi connectivity index (χ1n) is 5.26. The SMILES string of the molecule is C[N+](C)(C)CCCOc1ccc(N)cc1. The molecule has 0 aliphatic carbocycles. The average Bonchev–Trinajstić information content (AvgIpc) is 2.14. The third kappa shape index (κ3) is 5.27. The second kappa shape index (κ2) is 5.03. The van der Waals surface area contributed by atoms with Crippen LogP contribution in [0.2, 0.25) is 0 Å². The number of benzene rings is 1. The molecule has 0 aliphatic heterocycles. The van der Waals surface area contributed by atoms with E-state index < -0.39 is 0 Å². The van der Waals surface area contributed by atoms with Gasteiger partial charge < -0.3 is 15.0 Å². The van der Waals surface area contributed by atoms with E-state index in [4.69, 9.17) is 10.5 Å². The highest BCUT2D eigenvalue weighted by atomic mass is 16.5. The van der Waals surface area contributed by atoms with Gasteiger partial charge in [0.05, 0.1) is 34.3 Å². The highest BCUT2D eigenvalue weighted by Crippen LogP contribution is 2.13. The summed E-state index contributed by atoms with van der Waals surface area (Å²) in [6.07, 6.45) is 1.06. The van der Waals surface area contributed by atoms with Crippen LogP contribution >= 0.6 is 0 Å². The first-order chi connectivity index (χ1) is 6.97. The van der Waals surface area contributed by atoms with Gasteiger partial charge in [-0.1, -0.05) is 0 Å². The summed E-state index contributed by atoms with van der Waals surface area (Å²) < 4.78 is 6.57. The van der Waals surface area contributed by atoms with E-state index in [1.165, 1.54) is 0 Å². The lowest BCUT2D eigenvalue weighted by Crippen LogP contribution is -2.35. The molecule has 0 saturated carbocycles. The molecule has 1 rings (SSSR count). The molecule has 1 aromatic carbocycles. The fourth-order valence-corrected chi connectivity index (χ4v) is 1.29. The molecule has 0 unspecified atom stereocenters. The molecule has 15 heavy (non-hydrogen) atoms. The van der Waals surface area contributed by atoms with E-state index in [-0.39, 0.29) is 0 Å². The van der Waals surface area contributed by atoms with Crippen molar-refractivity contribution in [1.29, 1.82) is 0 Å². The van der Waals surface area contributed by atoms with Gasteiger partial charge in [0, 0.05) is 12.1 Å². The van der Waals surface area contributed by atoms with Crippen LogP contribution in [0.3, 0.4) is 0 Å². The third-order valence-corrected chi connectivity index (χ3v) is 2.12. The van der Waals surface area contributed by atoms with Crippen molar-refractivity contribution in [2.75, 3.05) is 40.0 Å². The molecule has 84 valence electrons. The Hall–Kier alpha value is -1.22. The van der Waals surface area contributed by atoms with Crippen molar-refractivity contribution in [3.63, 3.8) is 0 Å². The van der Waals surface area contributed by atoms with Crippen LogP contribution in [0.15, 0.2) is 24.3 Å². The maximum atomic E-state index is 5.59. The Balaban J connectivity index is 2.23. The van der Waals surface area contributed by atoms with Crippen LogP contribution < -0.4 is 10.5 Å². The lowest BCUT2D eigenvalue weighted by molar-refractivity contribution is -0.870. The molecule has 0 bridgehead atoms. The van der Waals surface area contributed by atoms with E-state index in [2.05, 4.69) is 21.1 Å². The summed E-state index contributed by atoms with van der Waals surface area (Å²) in [5, 5.41) is 0. The Labute approximate surface area is 92.0 Å². The van der Waals surface area contributed by atoms with Gasteiger partial charge in [-0.2, -0.15) is 0 Å². The van der Waals surface area contributed by atoms with Gasteiger partial charge in [0.1, 0.15) is 5.75 Å². The number of rotatable bonds is 5. The maximum absolute atomic E-state index is 5.59. The molecule has 0 aliphatic rings. The Bertz CT molecular complexity index is 287. The minimum Gasteiger partial charge on any atom is -0.493 e. The predicted molar refractivity (Wildman–Crippen MR) is 63.9 cm³/mol. The van der Waals surface area contributed by atoms with Gasteiger partial charge in [-0.15, -0.1) is 0 Å². The summed E-state index contributed by atoms with van der Waals surface area (Å²) in [6, 6.07) is 7.52. The van der Waals surface area contributed by atoms with Gasteiger partial charge in [0.2, 0.25) is 0 Å². The minimum absolute atomic E-state index is 0.763. The van der Waals surface area contributed by atoms with Gasteiger partial charge in [0.15, 0.2) is 0 Å². The number of hydrogen-bond acceptors (Lipinski definition) is 2. The van der Waals surface area contributed by atoms with Crippen LogP contribution in [-0.4, -0.2) is 38.8 Å². The van der Waals surface area contributed by atoms with Crippen molar-refractivity contribution < 1.29 is 9.22 Å². The topological polar surface area (TPSA) is 35.2 Å². The summed E-state index contributed by atoms with van der Waals surface area (Å²) in [5.41, 5.74) is 6.35. The molecule has 0 atom stereocenters. The van der Waals surface area contributed by atoms with Crippen molar-refractivity contribution in [2.45, 2.75) is 6.42 Å². The molecule has 2 N–H and O–H groups in total. The quantitative estimate of drug-likeness (QED) is 0.455. The summed E-state index contributed by atoms with van der Waals surface area (Å²) in [4.78, 5) is 0. The molecule has 0 fully saturated rings. The summed E-state index contributed by atoms with van der Waals surface area (Å²) >= 11 is 0. The number of ether oxygens (including phenoxy) is 1. The van der Waals surface area contributed by atoms with E-state index in [1.54, 1.807) is 0 Å². The summed E-state index contributed by atoms with van der Waals surface area (Å²) in [7, 11) is 6.55. The van der Waals surface area contributed by atoms with Crippen LogP contribution in [-0.2, 0) is 0 Å². The highest BCUT2D eigenvalue weighted by molar-refractivity contribution is 5.41. The normalized spacial score (nSPS) is 11.4. The van der Waals surface area contributed by atoms with Crippen molar-refractivity contribution in [3.05, 3.63) is 24.3 Å². The zero-order valence-corrected chi connectivity index (χ0v) is 9.86. The van der Waals surface area contributed by atoms with Gasteiger partial charge in [0.25, 0.3) is 0 Å². The fraction of sp³-hybridized carbons (Fsp3) is 0.500. The molecule has 0 aromatic heterocycles. The average molecular weight is 209 g/mol. The second-order valence-electron chi connectivity index (χ2n) is 4.78. The molecule has 0 radical (unpaired) electrons. The Kier molecular flexibility index (Phi) is 3.97. The molecule has 1 aromatic rings. The van der Waals surface area contributed by atoms with E-state index >= 15 is 0 Å². The lowest BCUT2D eigenvalue weighted by Gasteiger charge is -2.23. The first kappa shape index (κ1) is 11.9. The molecule has 3 heteroatoms. The lowest BCUT2D eigenvalue weighted by atomic mass is 10.3. The van der Waals surface area contributed by atoms with Gasteiger partial charge >= 0.3 is 0 Å². The van der Waals surface area contributed by atoms with Crippen molar-refractivity contribution in [3.8, 4) is 5.75 Å². The number of quaternary nitrogens is 1. The van der Waals surface area contributed by atoms with Gasteiger partial charge in [-0.05, 0) is 24.3 Å². The van der Waals surface area contributed by atoms with E-state index in [0.29, 0.717) is 0 Å². The van der Waals surface area contributed by atoms with Crippen LogP contribution in [0.5, 0.6) is 5.75 Å². The Morgan fingerprint density at radius 1 is 1.13 bits per heavy atom. The molecule has 0 spiro atoms. The van der Waals surface area contributed by atoms with E-state index in [1.807, 2.05) is 24.3 Å². The fourth-order valence-electron chi connectivity index (χ4n) is 1.29. The Morgan fingerprint density at radius 3 is 2.27 bits per heavy atom. The molecule has 0 heterocycles. The van der Waals surface area contributed by atoms with Crippen molar-refractivity contribution in [2.24, 2.45) is 0 Å². The molecule has 0 amide bonds. The standard InChI is InChI=1S/C12H21N2O/c1-14(2,3)9-4-10-15-12-7-5-11(13)6-8-12/h5-8H,4,9-10,13H2,1-3H3/q+1. The second-order valence-corrected chi connectivity index (χ2v) is 4.78. The third-order valence-electron chi connectivity index (χ3n) is 2.12. The van der Waals surface area contributed by atoms with Crippen LogP contribution in [0.25, 0.3) is 0 Å². The molecular weight excluding hydrogens is 188 g/mol. The number of nitrogen functional groups attached to an aromatic ring is 1. The minimum atomic E-state index is 0.763. The number of anilines is 1. The maximum Gasteiger partial charge on any atom is 0.119 e. The highest BCUT2D eigenvalue weighted by Gasteiger charge is 2.05. The number of hydrogen-bond donors (Lipinski definition) is 1. The molecule has 3 nitrogen and oxygen atoms in total. The molecular formula is C12H21N2O+. The van der Waals surface area contributed by atoms with Gasteiger partial charge in [-0.25, -0.2) is 0 Å². The monoisotopic (exact) mass is 209 g/mol. The Morgan fingerprint density at radius 2 is 1.73 bits per heavy atom. The van der Waals surface area contributed by atoms with Crippen LogP contribution in [0.4, 0.5) is 5.69 Å². The zero-order valence-electron chi connectivity index (χ0n) is 9.86. The predicted octanol–water partition coefficient (Wildman–Crippen LogP) is 1.74. The first-order valence-corrected chi connectivity index (χ1v) is 5.26. The van der Waals surface area contributed by atoms with E-state index in [9.17, 15) is 0 Å². The van der Waals surface area contributed by atoms with Gasteiger partial charge in [-0.3, -0.25) is 0 Å². The number of nitrogens with zero attached hydrogens (tertiary/aromatic N) is 1. The zero-order chi connectivity index (χ0) is 11.3. The van der Waals surface area contributed by atoms with Crippen molar-refractivity contribution >= 4 is 5.69 Å². The van der Waals surface area contributed by atoms with Crippen molar-refractivity contribution in [1.82, 2.24) is 0 Å². The largest absolute Gasteiger partial charge is 0.493 e. The van der Waals surface area contributed by atoms with Crippen LogP contribution in [0, 0.1) is 0 Å². The smallest absolute Gasteiger partial charge is 0.119 e. The van der Waals surface area contributed by atoms with Crippen LogP contribution in [0.1, 0.15) is 6.42 Å². The summed E-state index contributed by atoms with van der Waals surface area (Å²) in [6.45, 7) is 1.88.